The highest BCUT2D eigenvalue weighted by atomic mass is 16.1. The van der Waals surface area contributed by atoms with Crippen molar-refractivity contribution in [2.75, 3.05) is 5.32 Å². The van der Waals surface area contributed by atoms with Crippen LogP contribution in [0.2, 0.25) is 0 Å². The lowest BCUT2D eigenvalue weighted by molar-refractivity contribution is -0.127. The Labute approximate surface area is 102 Å². The Morgan fingerprint density at radius 3 is 2.41 bits per heavy atom. The highest BCUT2D eigenvalue weighted by Gasteiger charge is 2.49. The van der Waals surface area contributed by atoms with Gasteiger partial charge in [0.15, 0.2) is 0 Å². The number of nitrogens with two attached hydrogens (primary N) is 1. The van der Waals surface area contributed by atoms with Gasteiger partial charge in [0, 0.05) is 5.69 Å². The average Bonchev–Trinajstić information content (AvgIpc) is 2.23. The van der Waals surface area contributed by atoms with Crippen LogP contribution in [0, 0.1) is 11.8 Å². The highest BCUT2D eigenvalue weighted by Crippen LogP contribution is 2.44. The van der Waals surface area contributed by atoms with E-state index in [2.05, 4.69) is 19.2 Å². The summed E-state index contributed by atoms with van der Waals surface area (Å²) in [5.74, 6) is 0.969. The lowest BCUT2D eigenvalue weighted by Crippen LogP contribution is -2.60. The molecule has 17 heavy (non-hydrogen) atoms. The third-order valence-corrected chi connectivity index (χ3v) is 3.79. The summed E-state index contributed by atoms with van der Waals surface area (Å²) >= 11 is 0. The Morgan fingerprint density at radius 1 is 1.35 bits per heavy atom. The Morgan fingerprint density at radius 2 is 1.94 bits per heavy atom. The topological polar surface area (TPSA) is 55.1 Å². The first-order valence-electron chi connectivity index (χ1n) is 6.17. The van der Waals surface area contributed by atoms with Gasteiger partial charge in [0.05, 0.1) is 0 Å². The molecular formula is C14H20N2O. The van der Waals surface area contributed by atoms with Crippen LogP contribution in [0.5, 0.6) is 0 Å². The maximum absolute atomic E-state index is 11.6. The Balaban J connectivity index is 2.08. The Kier molecular flexibility index (Phi) is 3.09. The molecule has 0 radical (unpaired) electrons. The minimum Gasteiger partial charge on any atom is -0.371 e. The Bertz CT molecular complexity index is 394. The van der Waals surface area contributed by atoms with Crippen molar-refractivity contribution in [3.8, 4) is 0 Å². The molecule has 0 unspecified atom stereocenters. The van der Waals surface area contributed by atoms with E-state index < -0.39 is 5.54 Å². The second-order valence-corrected chi connectivity index (χ2v) is 5.35. The van der Waals surface area contributed by atoms with Gasteiger partial charge in [-0.2, -0.15) is 0 Å². The zero-order valence-corrected chi connectivity index (χ0v) is 10.4. The lowest BCUT2D eigenvalue weighted by atomic mass is 9.63. The van der Waals surface area contributed by atoms with Gasteiger partial charge in [0.2, 0.25) is 5.91 Å². The monoisotopic (exact) mass is 232 g/mol. The minimum atomic E-state index is -0.531. The van der Waals surface area contributed by atoms with Crippen LogP contribution in [0.25, 0.3) is 0 Å². The molecule has 3 heteroatoms. The summed E-state index contributed by atoms with van der Waals surface area (Å²) in [5, 5.41) is 3.30. The van der Waals surface area contributed by atoms with Crippen molar-refractivity contribution < 1.29 is 4.79 Å². The van der Waals surface area contributed by atoms with Crippen LogP contribution in [0.1, 0.15) is 26.7 Å². The third kappa shape index (κ3) is 2.28. The number of primary amides is 1. The fraction of sp³-hybridized carbons (Fsp3) is 0.500. The molecule has 1 aromatic carbocycles. The van der Waals surface area contributed by atoms with Gasteiger partial charge in [-0.15, -0.1) is 0 Å². The van der Waals surface area contributed by atoms with Crippen LogP contribution in [0.3, 0.4) is 0 Å². The van der Waals surface area contributed by atoms with Gasteiger partial charge in [-0.1, -0.05) is 32.0 Å². The van der Waals surface area contributed by atoms with Crippen molar-refractivity contribution in [2.24, 2.45) is 17.6 Å². The van der Waals surface area contributed by atoms with Crippen molar-refractivity contribution in [3.63, 3.8) is 0 Å². The molecule has 1 aromatic rings. The smallest absolute Gasteiger partial charge is 0.243 e. The van der Waals surface area contributed by atoms with Crippen LogP contribution in [-0.2, 0) is 4.79 Å². The predicted octanol–water partition coefficient (Wildman–Crippen LogP) is 2.39. The molecule has 0 heterocycles. The second-order valence-electron chi connectivity index (χ2n) is 5.35. The quantitative estimate of drug-likeness (QED) is 0.837. The van der Waals surface area contributed by atoms with Crippen molar-refractivity contribution >= 4 is 11.6 Å². The molecular weight excluding hydrogens is 212 g/mol. The van der Waals surface area contributed by atoms with Gasteiger partial charge in [0.25, 0.3) is 0 Å². The van der Waals surface area contributed by atoms with E-state index in [1.807, 2.05) is 30.3 Å². The summed E-state index contributed by atoms with van der Waals surface area (Å²) in [4.78, 5) is 11.6. The number of carbonyl (C=O) groups is 1. The third-order valence-electron chi connectivity index (χ3n) is 3.79. The van der Waals surface area contributed by atoms with Crippen molar-refractivity contribution in [1.82, 2.24) is 0 Å². The van der Waals surface area contributed by atoms with Crippen LogP contribution < -0.4 is 11.1 Å². The number of anilines is 1. The van der Waals surface area contributed by atoms with Crippen molar-refractivity contribution in [3.05, 3.63) is 30.3 Å². The molecule has 1 aliphatic rings. The van der Waals surface area contributed by atoms with Gasteiger partial charge in [-0.25, -0.2) is 0 Å². The number of rotatable bonds is 4. The molecule has 1 saturated carbocycles. The SMILES string of the molecule is CC(C)C1CC(Nc2ccccc2)(C(N)=O)C1. The largest absolute Gasteiger partial charge is 0.371 e. The summed E-state index contributed by atoms with van der Waals surface area (Å²) in [6.07, 6.45) is 1.68. The maximum Gasteiger partial charge on any atom is 0.243 e. The van der Waals surface area contributed by atoms with E-state index in [1.165, 1.54) is 0 Å². The van der Waals surface area contributed by atoms with Crippen LogP contribution in [-0.4, -0.2) is 11.4 Å². The van der Waals surface area contributed by atoms with Gasteiger partial charge in [0.1, 0.15) is 5.54 Å². The van der Waals surface area contributed by atoms with E-state index in [-0.39, 0.29) is 5.91 Å². The second kappa shape index (κ2) is 4.40. The number of hydrogen-bond donors (Lipinski definition) is 2. The molecule has 1 amide bonds. The lowest BCUT2D eigenvalue weighted by Gasteiger charge is -2.48. The number of benzene rings is 1. The molecule has 0 saturated heterocycles. The molecule has 2 rings (SSSR count). The molecule has 3 nitrogen and oxygen atoms in total. The van der Waals surface area contributed by atoms with Crippen LogP contribution in [0.4, 0.5) is 5.69 Å². The highest BCUT2D eigenvalue weighted by molar-refractivity contribution is 5.89. The van der Waals surface area contributed by atoms with Gasteiger partial charge in [-0.3, -0.25) is 4.79 Å². The summed E-state index contributed by atoms with van der Waals surface area (Å²) in [5.41, 5.74) is 5.98. The summed E-state index contributed by atoms with van der Waals surface area (Å²) in [6, 6.07) is 9.80. The van der Waals surface area contributed by atoms with Crippen molar-refractivity contribution in [1.29, 1.82) is 0 Å². The first-order chi connectivity index (χ1) is 8.03. The van der Waals surface area contributed by atoms with Crippen LogP contribution in [0.15, 0.2) is 30.3 Å². The molecule has 1 fully saturated rings. The molecule has 3 N–H and O–H groups in total. The molecule has 0 atom stereocenters. The minimum absolute atomic E-state index is 0.238. The van der Waals surface area contributed by atoms with Crippen LogP contribution >= 0.6 is 0 Å². The molecule has 92 valence electrons. The normalized spacial score (nSPS) is 27.6. The number of para-hydroxylation sites is 1. The van der Waals surface area contributed by atoms with Gasteiger partial charge >= 0.3 is 0 Å². The summed E-state index contributed by atoms with van der Waals surface area (Å²) in [6.45, 7) is 4.39. The molecule has 0 aromatic heterocycles. The van der Waals surface area contributed by atoms with E-state index in [0.29, 0.717) is 11.8 Å². The fourth-order valence-corrected chi connectivity index (χ4v) is 2.47. The standard InChI is InChI=1S/C14H20N2O/c1-10(2)11-8-14(9-11,13(15)17)16-12-6-4-3-5-7-12/h3-7,10-11,16H,8-9H2,1-2H3,(H2,15,17). The predicted molar refractivity (Wildman–Crippen MR) is 69.6 cm³/mol. The Hall–Kier alpha value is -1.51. The van der Waals surface area contributed by atoms with E-state index in [0.717, 1.165) is 18.5 Å². The molecule has 1 aliphatic carbocycles. The van der Waals surface area contributed by atoms with Gasteiger partial charge in [-0.05, 0) is 36.8 Å². The number of hydrogen-bond acceptors (Lipinski definition) is 2. The fourth-order valence-electron chi connectivity index (χ4n) is 2.47. The van der Waals surface area contributed by atoms with E-state index >= 15 is 0 Å². The first kappa shape index (κ1) is 12.0. The molecule has 0 aliphatic heterocycles. The van der Waals surface area contributed by atoms with E-state index in [1.54, 1.807) is 0 Å². The summed E-state index contributed by atoms with van der Waals surface area (Å²) < 4.78 is 0. The molecule has 0 spiro atoms. The molecule has 0 bridgehead atoms. The zero-order valence-electron chi connectivity index (χ0n) is 10.4. The van der Waals surface area contributed by atoms with Gasteiger partial charge < -0.3 is 11.1 Å². The van der Waals surface area contributed by atoms with E-state index in [4.69, 9.17) is 5.73 Å². The first-order valence-corrected chi connectivity index (χ1v) is 6.17. The number of nitrogens with one attached hydrogen (secondary N) is 1. The van der Waals surface area contributed by atoms with Crippen molar-refractivity contribution in [2.45, 2.75) is 32.2 Å². The number of carbonyl (C=O) groups excluding carboxylic acids is 1. The average molecular weight is 232 g/mol. The zero-order chi connectivity index (χ0) is 12.5. The van der Waals surface area contributed by atoms with E-state index in [9.17, 15) is 4.79 Å². The number of amides is 1. The maximum atomic E-state index is 11.6. The summed E-state index contributed by atoms with van der Waals surface area (Å²) in [7, 11) is 0.